The maximum Gasteiger partial charge on any atom is 0.213 e. The van der Waals surface area contributed by atoms with Crippen molar-refractivity contribution in [3.63, 3.8) is 0 Å². The molecule has 0 saturated heterocycles. The van der Waals surface area contributed by atoms with Gasteiger partial charge in [0.15, 0.2) is 0 Å². The lowest BCUT2D eigenvalue weighted by Gasteiger charge is -2.38. The first kappa shape index (κ1) is 24.2. The predicted octanol–water partition coefficient (Wildman–Crippen LogP) is 8.69. The zero-order valence-electron chi connectivity index (χ0n) is 19.9. The highest BCUT2D eigenvalue weighted by atomic mass is 79.9. The van der Waals surface area contributed by atoms with Gasteiger partial charge in [-0.25, -0.2) is 5.01 Å². The van der Waals surface area contributed by atoms with Crippen molar-refractivity contribution >= 4 is 33.2 Å². The second-order valence-corrected chi connectivity index (χ2v) is 10.5. The first-order valence-corrected chi connectivity index (χ1v) is 13.6. The molecule has 2 unspecified atom stereocenters. The molecule has 0 aromatic heterocycles. The Balaban J connectivity index is 1.36. The molecule has 4 nitrogen and oxygen atoms in total. The van der Waals surface area contributed by atoms with Gasteiger partial charge in [0, 0.05) is 27.0 Å². The third-order valence-corrected chi connectivity index (χ3v) is 7.36. The summed E-state index contributed by atoms with van der Waals surface area (Å²) in [6, 6.07) is 22.5. The van der Waals surface area contributed by atoms with Gasteiger partial charge in [0.2, 0.25) is 6.23 Å². The fourth-order valence-corrected chi connectivity index (χ4v) is 5.22. The minimum absolute atomic E-state index is 0.103. The second kappa shape index (κ2) is 11.0. The van der Waals surface area contributed by atoms with Gasteiger partial charge in [-0.05, 0) is 66.6 Å². The lowest BCUT2D eigenvalue weighted by molar-refractivity contribution is -0.0191. The van der Waals surface area contributed by atoms with Crippen LogP contribution < -0.4 is 9.47 Å². The lowest BCUT2D eigenvalue weighted by Crippen LogP contribution is -2.33. The molecule has 5 rings (SSSR count). The van der Waals surface area contributed by atoms with Crippen LogP contribution in [0.15, 0.2) is 76.3 Å². The van der Waals surface area contributed by atoms with Crippen LogP contribution in [0.25, 0.3) is 0 Å². The number of hydrazone groups is 1. The summed E-state index contributed by atoms with van der Waals surface area (Å²) < 4.78 is 13.5. The summed E-state index contributed by atoms with van der Waals surface area (Å²) in [4.78, 5) is 0. The third-order valence-electron chi connectivity index (χ3n) is 6.61. The van der Waals surface area contributed by atoms with Gasteiger partial charge in [0.05, 0.1) is 18.4 Å². The molecule has 0 aliphatic carbocycles. The molecule has 0 N–H and O–H groups in total. The Morgan fingerprint density at radius 2 is 1.77 bits per heavy atom. The molecule has 3 aromatic rings. The highest BCUT2D eigenvalue weighted by Gasteiger charge is 2.41. The van der Waals surface area contributed by atoms with E-state index in [2.05, 4.69) is 46.1 Å². The van der Waals surface area contributed by atoms with Crippen LogP contribution in [0, 0.1) is 0 Å². The van der Waals surface area contributed by atoms with Gasteiger partial charge >= 0.3 is 0 Å². The average molecular weight is 554 g/mol. The number of halogens is 2. The molecule has 2 heterocycles. The largest absolute Gasteiger partial charge is 0.494 e. The molecule has 2 atom stereocenters. The maximum atomic E-state index is 6.50. The average Bonchev–Trinajstić information content (AvgIpc) is 3.32. The van der Waals surface area contributed by atoms with Crippen molar-refractivity contribution in [2.45, 2.75) is 57.7 Å². The molecule has 0 bridgehead atoms. The number of ether oxygens (including phenoxy) is 2. The van der Waals surface area contributed by atoms with Crippen molar-refractivity contribution in [2.24, 2.45) is 5.10 Å². The molecule has 182 valence electrons. The number of unbranched alkanes of at least 4 members (excludes halogenated alkanes) is 4. The molecule has 0 saturated carbocycles. The summed E-state index contributed by atoms with van der Waals surface area (Å²) in [5, 5.41) is 7.86. The zero-order valence-corrected chi connectivity index (χ0v) is 22.3. The third kappa shape index (κ3) is 5.52. The number of hydrogen-bond acceptors (Lipinski definition) is 4. The SMILES string of the molecule is CCCCCCCOc1ccc(C2Oc3ccc(Br)cc3C3CC(c4ccc(Cl)cc4)=NN32)cc1. The van der Waals surface area contributed by atoms with Crippen molar-refractivity contribution in [2.75, 3.05) is 6.61 Å². The topological polar surface area (TPSA) is 34.1 Å². The van der Waals surface area contributed by atoms with Gasteiger partial charge < -0.3 is 9.47 Å². The standard InChI is InChI=1S/C29H30BrClN2O2/c1-2-3-4-5-6-17-34-24-14-9-21(10-15-24)29-33-27(25-18-22(30)11-16-28(25)35-29)19-26(32-33)20-7-12-23(31)13-8-20/h7-16,18,27,29H,2-6,17,19H2,1H3. The molecule has 0 spiro atoms. The van der Waals surface area contributed by atoms with Crippen LogP contribution in [0.2, 0.25) is 5.02 Å². The van der Waals surface area contributed by atoms with Gasteiger partial charge in [-0.15, -0.1) is 0 Å². The van der Waals surface area contributed by atoms with E-state index in [1.807, 2.05) is 48.5 Å². The minimum Gasteiger partial charge on any atom is -0.494 e. The Labute approximate surface area is 221 Å². The van der Waals surface area contributed by atoms with Crippen molar-refractivity contribution in [3.05, 3.63) is 92.9 Å². The fraction of sp³-hybridized carbons (Fsp3) is 0.345. The molecule has 0 amide bonds. The van der Waals surface area contributed by atoms with Crippen LogP contribution in [-0.4, -0.2) is 17.3 Å². The number of benzene rings is 3. The summed E-state index contributed by atoms with van der Waals surface area (Å²) in [6.45, 7) is 2.99. The first-order chi connectivity index (χ1) is 17.1. The summed E-state index contributed by atoms with van der Waals surface area (Å²) in [7, 11) is 0. The van der Waals surface area contributed by atoms with Gasteiger partial charge in [-0.2, -0.15) is 5.10 Å². The van der Waals surface area contributed by atoms with Crippen LogP contribution in [0.5, 0.6) is 11.5 Å². The maximum absolute atomic E-state index is 6.50. The van der Waals surface area contributed by atoms with Crippen molar-refractivity contribution in [1.29, 1.82) is 0 Å². The van der Waals surface area contributed by atoms with Crippen molar-refractivity contribution in [1.82, 2.24) is 5.01 Å². The van der Waals surface area contributed by atoms with Gasteiger partial charge in [-0.3, -0.25) is 0 Å². The van der Waals surface area contributed by atoms with Crippen LogP contribution >= 0.6 is 27.5 Å². The number of hydrogen-bond donors (Lipinski definition) is 0. The summed E-state index contributed by atoms with van der Waals surface area (Å²) >= 11 is 9.74. The smallest absolute Gasteiger partial charge is 0.213 e. The Kier molecular flexibility index (Phi) is 7.64. The Morgan fingerprint density at radius 1 is 1.00 bits per heavy atom. The number of fused-ring (bicyclic) bond motifs is 3. The monoisotopic (exact) mass is 552 g/mol. The summed E-state index contributed by atoms with van der Waals surface area (Å²) in [5.74, 6) is 1.80. The van der Waals surface area contributed by atoms with Gasteiger partial charge in [0.1, 0.15) is 11.5 Å². The van der Waals surface area contributed by atoms with E-state index in [9.17, 15) is 0 Å². The molecule has 2 aliphatic rings. The molecule has 6 heteroatoms. The first-order valence-electron chi connectivity index (χ1n) is 12.4. The molecule has 3 aromatic carbocycles. The van der Waals surface area contributed by atoms with Crippen LogP contribution in [-0.2, 0) is 0 Å². The van der Waals surface area contributed by atoms with Crippen molar-refractivity contribution in [3.8, 4) is 11.5 Å². The van der Waals surface area contributed by atoms with E-state index in [-0.39, 0.29) is 12.3 Å². The van der Waals surface area contributed by atoms with Crippen molar-refractivity contribution < 1.29 is 9.47 Å². The summed E-state index contributed by atoms with van der Waals surface area (Å²) in [5.41, 5.74) is 4.32. The molecule has 35 heavy (non-hydrogen) atoms. The Hall–Kier alpha value is -2.50. The van der Waals surface area contributed by atoms with Gasteiger partial charge in [-0.1, -0.05) is 72.3 Å². The molecular weight excluding hydrogens is 524 g/mol. The molecule has 2 aliphatic heterocycles. The van der Waals surface area contributed by atoms with E-state index in [4.69, 9.17) is 26.2 Å². The zero-order chi connectivity index (χ0) is 24.2. The van der Waals surface area contributed by atoms with E-state index >= 15 is 0 Å². The number of rotatable bonds is 9. The Morgan fingerprint density at radius 3 is 2.54 bits per heavy atom. The quantitative estimate of drug-likeness (QED) is 0.249. The van der Waals surface area contributed by atoms with Crippen LogP contribution in [0.4, 0.5) is 0 Å². The second-order valence-electron chi connectivity index (χ2n) is 9.14. The van der Waals surface area contributed by atoms with E-state index in [0.29, 0.717) is 0 Å². The van der Waals surface area contributed by atoms with Crippen LogP contribution in [0.1, 0.15) is 74.4 Å². The van der Waals surface area contributed by atoms with E-state index in [0.717, 1.165) is 62.8 Å². The highest BCUT2D eigenvalue weighted by molar-refractivity contribution is 9.10. The Bertz CT molecular complexity index is 1180. The van der Waals surface area contributed by atoms with E-state index in [1.54, 1.807) is 0 Å². The molecule has 0 fully saturated rings. The normalized spacial score (nSPS) is 18.5. The van der Waals surface area contributed by atoms with Gasteiger partial charge in [0.25, 0.3) is 0 Å². The lowest BCUT2D eigenvalue weighted by atomic mass is 9.96. The minimum atomic E-state index is -0.304. The van der Waals surface area contributed by atoms with E-state index in [1.165, 1.54) is 25.7 Å². The fourth-order valence-electron chi connectivity index (χ4n) is 4.72. The number of nitrogens with zero attached hydrogens (tertiary/aromatic N) is 2. The van der Waals surface area contributed by atoms with E-state index < -0.39 is 0 Å². The predicted molar refractivity (Wildman–Crippen MR) is 145 cm³/mol. The molecular formula is C29H30BrClN2O2. The highest BCUT2D eigenvalue weighted by Crippen LogP contribution is 2.48. The van der Waals surface area contributed by atoms with Crippen LogP contribution in [0.3, 0.4) is 0 Å². The molecule has 0 radical (unpaired) electrons. The summed E-state index contributed by atoms with van der Waals surface area (Å²) in [6.07, 6.45) is 6.67.